The molecule has 5 aliphatic rings. The van der Waals surface area contributed by atoms with Gasteiger partial charge < -0.3 is 20.9 Å². The van der Waals surface area contributed by atoms with Crippen molar-refractivity contribution in [1.82, 2.24) is 20.5 Å². The first-order chi connectivity index (χ1) is 18.2. The zero-order valence-corrected chi connectivity index (χ0v) is 21.5. The van der Waals surface area contributed by atoms with Crippen molar-refractivity contribution in [1.29, 1.82) is 5.26 Å². The topological polar surface area (TPSA) is 127 Å². The lowest BCUT2D eigenvalue weighted by atomic mass is 9.71. The van der Waals surface area contributed by atoms with E-state index in [1.807, 2.05) is 19.1 Å². The highest BCUT2D eigenvalue weighted by molar-refractivity contribution is 5.92. The third-order valence-electron chi connectivity index (χ3n) is 8.39. The SMILES string of the molecule is Cc1cncc(N[C@H](CC2CC2)C(=O)N2[C@H]3CC[C@@H]([C@H]2C(=O)N[C@H](C#N)C[C@@H]2CCNC2=O)C(F)(F)C3)c1. The van der Waals surface area contributed by atoms with Gasteiger partial charge in [0.15, 0.2) is 0 Å². The number of pyridine rings is 1. The number of rotatable bonds is 9. The Balaban J connectivity index is 1.38. The number of fused-ring (bicyclic) bond motifs is 3. The van der Waals surface area contributed by atoms with E-state index in [9.17, 15) is 19.6 Å². The minimum absolute atomic E-state index is 0.103. The van der Waals surface area contributed by atoms with Gasteiger partial charge in [0, 0.05) is 37.3 Å². The number of aryl methyl sites for hydroxylation is 1. The van der Waals surface area contributed by atoms with Crippen LogP contribution in [0.15, 0.2) is 18.5 Å². The molecule has 5 fully saturated rings. The predicted octanol–water partition coefficient (Wildman–Crippen LogP) is 2.52. The lowest BCUT2D eigenvalue weighted by Crippen LogP contribution is -2.70. The van der Waals surface area contributed by atoms with Gasteiger partial charge in [-0.2, -0.15) is 5.26 Å². The second kappa shape index (κ2) is 10.5. The standard InChI is InChI=1S/C27H34F2N6O3/c1-15-8-19(14-31-13-15)33-22(9-16-2-3-16)26(38)35-20-4-5-21(27(28,29)11-20)23(35)25(37)34-18(12-30)10-17-6-7-32-24(17)36/h8,13-14,16-18,20-23,33H,2-7,9-11H2,1H3,(H,32,36)(H,34,37)/t17-,18-,20-,21-,22+,23-/m0/s1. The van der Waals surface area contributed by atoms with Crippen LogP contribution in [0.4, 0.5) is 14.5 Å². The number of hydrogen-bond acceptors (Lipinski definition) is 6. The molecule has 2 saturated carbocycles. The van der Waals surface area contributed by atoms with Gasteiger partial charge in [0.1, 0.15) is 18.1 Å². The molecule has 11 heteroatoms. The first-order valence-electron chi connectivity index (χ1n) is 13.5. The molecular weight excluding hydrogens is 494 g/mol. The summed E-state index contributed by atoms with van der Waals surface area (Å²) in [4.78, 5) is 45.1. The number of amides is 3. The zero-order valence-electron chi connectivity index (χ0n) is 21.5. The molecule has 3 amide bonds. The van der Waals surface area contributed by atoms with Crippen LogP contribution in [0.3, 0.4) is 0 Å². The summed E-state index contributed by atoms with van der Waals surface area (Å²) in [5.41, 5.74) is 1.58. The summed E-state index contributed by atoms with van der Waals surface area (Å²) in [5.74, 6) is -5.77. The van der Waals surface area contributed by atoms with Crippen molar-refractivity contribution in [3.05, 3.63) is 24.0 Å². The Kier molecular flexibility index (Phi) is 7.25. The van der Waals surface area contributed by atoms with Gasteiger partial charge in [-0.25, -0.2) is 8.78 Å². The van der Waals surface area contributed by atoms with E-state index < -0.39 is 54.3 Å². The van der Waals surface area contributed by atoms with Crippen LogP contribution in [0.2, 0.25) is 0 Å². The Bertz CT molecular complexity index is 1140. The molecule has 1 aromatic heterocycles. The maximum Gasteiger partial charge on any atom is 0.255 e. The fourth-order valence-corrected chi connectivity index (χ4v) is 6.30. The van der Waals surface area contributed by atoms with Crippen LogP contribution in [-0.2, 0) is 14.4 Å². The Hall–Kier alpha value is -3.29. The Morgan fingerprint density at radius 1 is 1.24 bits per heavy atom. The molecule has 38 heavy (non-hydrogen) atoms. The quantitative estimate of drug-likeness (QED) is 0.452. The van der Waals surface area contributed by atoms with Crippen molar-refractivity contribution in [2.75, 3.05) is 11.9 Å². The Labute approximate surface area is 220 Å². The number of carbonyl (C=O) groups is 3. The van der Waals surface area contributed by atoms with Crippen LogP contribution in [0.25, 0.3) is 0 Å². The molecule has 3 N–H and O–H groups in total. The van der Waals surface area contributed by atoms with Crippen molar-refractivity contribution in [2.45, 2.75) is 88.4 Å². The van der Waals surface area contributed by atoms with E-state index in [-0.39, 0.29) is 24.7 Å². The van der Waals surface area contributed by atoms with Gasteiger partial charge in [-0.05, 0) is 56.6 Å². The fourth-order valence-electron chi connectivity index (χ4n) is 6.30. The van der Waals surface area contributed by atoms with E-state index in [1.165, 1.54) is 4.90 Å². The number of aromatic nitrogens is 1. The van der Waals surface area contributed by atoms with Gasteiger partial charge >= 0.3 is 0 Å². The number of carbonyl (C=O) groups excluding carboxylic acids is 3. The number of halogens is 2. The maximum atomic E-state index is 15.1. The molecule has 0 unspecified atom stereocenters. The van der Waals surface area contributed by atoms with Crippen molar-refractivity contribution >= 4 is 23.4 Å². The Morgan fingerprint density at radius 2 is 2.03 bits per heavy atom. The van der Waals surface area contributed by atoms with E-state index in [4.69, 9.17) is 0 Å². The van der Waals surface area contributed by atoms with Gasteiger partial charge in [-0.15, -0.1) is 0 Å². The number of piperidine rings is 2. The number of hydrogen-bond donors (Lipinski definition) is 3. The molecule has 0 spiro atoms. The molecule has 4 heterocycles. The molecule has 3 saturated heterocycles. The van der Waals surface area contributed by atoms with Crippen molar-refractivity contribution in [3.63, 3.8) is 0 Å². The smallest absolute Gasteiger partial charge is 0.255 e. The number of nitriles is 1. The zero-order chi connectivity index (χ0) is 27.0. The van der Waals surface area contributed by atoms with Crippen LogP contribution in [0.1, 0.15) is 56.9 Å². The highest BCUT2D eigenvalue weighted by atomic mass is 19.3. The molecule has 204 valence electrons. The van der Waals surface area contributed by atoms with E-state index in [1.54, 1.807) is 12.4 Å². The maximum absolute atomic E-state index is 15.1. The van der Waals surface area contributed by atoms with Crippen LogP contribution >= 0.6 is 0 Å². The van der Waals surface area contributed by atoms with E-state index in [2.05, 4.69) is 20.9 Å². The number of nitrogens with one attached hydrogen (secondary N) is 3. The molecular formula is C27H34F2N6O3. The third kappa shape index (κ3) is 5.45. The molecule has 1 aromatic rings. The summed E-state index contributed by atoms with van der Waals surface area (Å²) in [6.07, 6.45) is 6.59. The molecule has 6 atom stereocenters. The largest absolute Gasteiger partial charge is 0.372 e. The molecule has 0 aromatic carbocycles. The molecule has 2 bridgehead atoms. The van der Waals surface area contributed by atoms with Crippen LogP contribution in [0, 0.1) is 36.0 Å². The second-order valence-corrected chi connectivity index (χ2v) is 11.3. The fraction of sp³-hybridized carbons (Fsp3) is 0.667. The lowest BCUT2D eigenvalue weighted by molar-refractivity contribution is -0.194. The predicted molar refractivity (Wildman–Crippen MR) is 134 cm³/mol. The molecule has 0 radical (unpaired) electrons. The van der Waals surface area contributed by atoms with Gasteiger partial charge in [-0.3, -0.25) is 19.4 Å². The van der Waals surface area contributed by atoms with E-state index in [0.29, 0.717) is 37.4 Å². The lowest BCUT2D eigenvalue weighted by Gasteiger charge is -2.54. The van der Waals surface area contributed by atoms with E-state index >= 15 is 8.78 Å². The number of alkyl halides is 2. The van der Waals surface area contributed by atoms with E-state index in [0.717, 1.165) is 18.4 Å². The van der Waals surface area contributed by atoms with Gasteiger partial charge in [0.25, 0.3) is 5.92 Å². The first kappa shape index (κ1) is 26.3. The van der Waals surface area contributed by atoms with Gasteiger partial charge in [-0.1, -0.05) is 12.8 Å². The second-order valence-electron chi connectivity index (χ2n) is 11.3. The van der Waals surface area contributed by atoms with Gasteiger partial charge in [0.2, 0.25) is 17.7 Å². The summed E-state index contributed by atoms with van der Waals surface area (Å²) < 4.78 is 30.2. The summed E-state index contributed by atoms with van der Waals surface area (Å²) in [6.45, 7) is 2.39. The highest BCUT2D eigenvalue weighted by Gasteiger charge is 2.61. The molecule has 3 aliphatic heterocycles. The third-order valence-corrected chi connectivity index (χ3v) is 8.39. The van der Waals surface area contributed by atoms with Crippen LogP contribution in [0.5, 0.6) is 0 Å². The first-order valence-corrected chi connectivity index (χ1v) is 13.5. The van der Waals surface area contributed by atoms with Crippen LogP contribution in [-0.4, -0.2) is 64.2 Å². The van der Waals surface area contributed by atoms with Crippen molar-refractivity contribution in [2.24, 2.45) is 17.8 Å². The monoisotopic (exact) mass is 528 g/mol. The number of anilines is 1. The molecule has 2 aliphatic carbocycles. The normalized spacial score (nSPS) is 29.2. The summed E-state index contributed by atoms with van der Waals surface area (Å²) >= 11 is 0. The van der Waals surface area contributed by atoms with Crippen molar-refractivity contribution < 1.29 is 23.2 Å². The van der Waals surface area contributed by atoms with Crippen LogP contribution < -0.4 is 16.0 Å². The van der Waals surface area contributed by atoms with Crippen molar-refractivity contribution in [3.8, 4) is 6.07 Å². The minimum Gasteiger partial charge on any atom is -0.372 e. The summed E-state index contributed by atoms with van der Waals surface area (Å²) in [5, 5.41) is 18.2. The summed E-state index contributed by atoms with van der Waals surface area (Å²) in [6, 6.07) is 0.0408. The molecule has 9 nitrogen and oxygen atoms in total. The Morgan fingerprint density at radius 3 is 2.66 bits per heavy atom. The average molecular weight is 529 g/mol. The summed E-state index contributed by atoms with van der Waals surface area (Å²) in [7, 11) is 0. The molecule has 6 rings (SSSR count). The minimum atomic E-state index is -3.09. The van der Waals surface area contributed by atoms with Gasteiger partial charge in [0.05, 0.1) is 17.7 Å². The average Bonchev–Trinajstić information content (AvgIpc) is 3.61. The highest BCUT2D eigenvalue weighted by Crippen LogP contribution is 2.49. The number of nitrogens with zero attached hydrogens (tertiary/aromatic N) is 3.